The van der Waals surface area contributed by atoms with Crippen LogP contribution in [0.15, 0.2) is 41.0 Å². The van der Waals surface area contributed by atoms with Gasteiger partial charge in [0.15, 0.2) is 5.76 Å². The minimum atomic E-state index is -1.53. The number of likely N-dealkylation sites (N-methyl/N-ethyl adjacent to an activating group) is 1. The van der Waals surface area contributed by atoms with E-state index in [0.717, 1.165) is 5.57 Å². The van der Waals surface area contributed by atoms with Crippen LogP contribution in [-0.2, 0) is 16.0 Å². The van der Waals surface area contributed by atoms with Gasteiger partial charge in [-0.05, 0) is 33.3 Å². The summed E-state index contributed by atoms with van der Waals surface area (Å²) in [7, 11) is 1.50. The number of aliphatic hydroxyl groups excluding tert-OH is 2. The zero-order valence-corrected chi connectivity index (χ0v) is 22.1. The molecule has 36 heavy (non-hydrogen) atoms. The van der Waals surface area contributed by atoms with E-state index in [4.69, 9.17) is 0 Å². The molecule has 3 aliphatic rings. The molecule has 1 saturated heterocycles. The van der Waals surface area contributed by atoms with Crippen molar-refractivity contribution in [3.05, 3.63) is 51.0 Å². The highest BCUT2D eigenvalue weighted by Gasteiger charge is 2.52. The van der Waals surface area contributed by atoms with Gasteiger partial charge in [0.25, 0.3) is 5.91 Å². The van der Waals surface area contributed by atoms with Gasteiger partial charge in [-0.3, -0.25) is 9.59 Å². The Hall–Kier alpha value is -3.05. The van der Waals surface area contributed by atoms with Crippen molar-refractivity contribution in [3.8, 4) is 0 Å². The Kier molecular flexibility index (Phi) is 6.82. The van der Waals surface area contributed by atoms with Crippen LogP contribution in [0.25, 0.3) is 5.57 Å². The number of hydrogen-bond acceptors (Lipinski definition) is 8. The van der Waals surface area contributed by atoms with Gasteiger partial charge in [0.2, 0.25) is 5.91 Å². The Balaban J connectivity index is 1.71. The molecule has 1 aromatic heterocycles. The van der Waals surface area contributed by atoms with E-state index in [2.05, 4.69) is 15.5 Å². The van der Waals surface area contributed by atoms with Crippen LogP contribution in [0.4, 0.5) is 4.39 Å². The number of allylic oxidation sites excluding steroid dienone is 4. The number of alkyl halides is 1. The molecule has 1 aromatic rings. The molecule has 1 aliphatic carbocycles. The fourth-order valence-corrected chi connectivity index (χ4v) is 5.65. The first-order valence-corrected chi connectivity index (χ1v) is 12.7. The van der Waals surface area contributed by atoms with Gasteiger partial charge in [0, 0.05) is 37.2 Å². The molecule has 194 valence electrons. The smallest absolute Gasteiger partial charge is 0.274 e. The lowest BCUT2D eigenvalue weighted by Gasteiger charge is -2.50. The molecule has 4 atom stereocenters. The number of halogens is 1. The van der Waals surface area contributed by atoms with Gasteiger partial charge >= 0.3 is 0 Å². The highest BCUT2D eigenvalue weighted by atomic mass is 32.1. The van der Waals surface area contributed by atoms with E-state index >= 15 is 0 Å². The number of fused-ring (bicyclic) bond motifs is 1. The second kappa shape index (κ2) is 9.44. The third-order valence-electron chi connectivity index (χ3n) is 7.26. The van der Waals surface area contributed by atoms with Gasteiger partial charge in [0.1, 0.15) is 33.5 Å². The molecule has 0 radical (unpaired) electrons. The second-order valence-corrected chi connectivity index (χ2v) is 11.1. The van der Waals surface area contributed by atoms with Crippen molar-refractivity contribution in [1.29, 1.82) is 0 Å². The first-order chi connectivity index (χ1) is 16.9. The lowest BCUT2D eigenvalue weighted by Crippen LogP contribution is -2.67. The average molecular weight is 518 g/mol. The minimum Gasteiger partial charge on any atom is -0.507 e. The summed E-state index contributed by atoms with van der Waals surface area (Å²) in [5.74, 6) is -1.60. The average Bonchev–Trinajstić information content (AvgIpc) is 3.30. The molecule has 2 amide bonds. The molecule has 11 heteroatoms. The van der Waals surface area contributed by atoms with Crippen molar-refractivity contribution in [1.82, 2.24) is 25.3 Å². The third kappa shape index (κ3) is 4.13. The number of aliphatic hydroxyl groups is 2. The quantitative estimate of drug-likeness (QED) is 0.549. The van der Waals surface area contributed by atoms with Crippen LogP contribution in [-0.4, -0.2) is 79.5 Å². The monoisotopic (exact) mass is 517 g/mol. The standard InChI is InChI=1S/C25H32FN5O4S/c1-12(2)30-11-25(5,24(35)27-6)31-10-16(20(32)21(33)19(31)23(30)34)22-29-28-17(36-22)9-15-8-7-13(3)14(4)18(15)26/h7-8,10,12,14,18,20,32-33H,9,11H2,1-6H3,(H,27,35)/t14?,18?,20?,25-/m1/s1. The fraction of sp³-hybridized carbons (Fsp3) is 0.520. The largest absolute Gasteiger partial charge is 0.507 e. The summed E-state index contributed by atoms with van der Waals surface area (Å²) in [6.07, 6.45) is 2.78. The Morgan fingerprint density at radius 3 is 2.69 bits per heavy atom. The Labute approximate surface area is 213 Å². The van der Waals surface area contributed by atoms with Gasteiger partial charge in [-0.2, -0.15) is 0 Å². The lowest BCUT2D eigenvalue weighted by molar-refractivity contribution is -0.144. The summed E-state index contributed by atoms with van der Waals surface area (Å²) in [5, 5.41) is 33.8. The highest BCUT2D eigenvalue weighted by molar-refractivity contribution is 7.12. The Morgan fingerprint density at radius 2 is 2.06 bits per heavy atom. The number of hydrogen-bond donors (Lipinski definition) is 3. The predicted octanol–water partition coefficient (Wildman–Crippen LogP) is 2.48. The van der Waals surface area contributed by atoms with E-state index in [1.807, 2.05) is 33.8 Å². The number of piperazine rings is 1. The summed E-state index contributed by atoms with van der Waals surface area (Å²) in [6, 6.07) is -0.230. The van der Waals surface area contributed by atoms with Crippen molar-refractivity contribution >= 4 is 28.7 Å². The van der Waals surface area contributed by atoms with E-state index < -0.39 is 29.5 Å². The van der Waals surface area contributed by atoms with E-state index in [1.165, 1.54) is 34.4 Å². The number of rotatable bonds is 5. The van der Waals surface area contributed by atoms with Crippen molar-refractivity contribution in [2.24, 2.45) is 5.92 Å². The molecule has 9 nitrogen and oxygen atoms in total. The summed E-state index contributed by atoms with van der Waals surface area (Å²) in [4.78, 5) is 29.1. The molecule has 0 saturated carbocycles. The van der Waals surface area contributed by atoms with Gasteiger partial charge in [0.05, 0.1) is 6.54 Å². The van der Waals surface area contributed by atoms with Crippen LogP contribution >= 0.6 is 11.3 Å². The first-order valence-electron chi connectivity index (χ1n) is 11.9. The van der Waals surface area contributed by atoms with Gasteiger partial charge < -0.3 is 25.3 Å². The van der Waals surface area contributed by atoms with Crippen molar-refractivity contribution in [3.63, 3.8) is 0 Å². The van der Waals surface area contributed by atoms with Crippen LogP contribution in [0.1, 0.15) is 44.6 Å². The second-order valence-electron chi connectivity index (χ2n) is 9.99. The molecular formula is C25H32FN5O4S. The SMILES string of the molecule is CNC(=O)[C@@]1(C)CN(C(C)C)C(=O)C2=C(O)C(O)C(c3nnc(CC4=CC=C(C)C(C)C4F)s3)=CN21. The molecule has 3 N–H and O–H groups in total. The minimum absolute atomic E-state index is 0.0817. The van der Waals surface area contributed by atoms with Crippen LogP contribution < -0.4 is 5.32 Å². The zero-order chi connectivity index (χ0) is 26.5. The van der Waals surface area contributed by atoms with Crippen LogP contribution in [0.2, 0.25) is 0 Å². The van der Waals surface area contributed by atoms with E-state index in [1.54, 1.807) is 13.0 Å². The maximum Gasteiger partial charge on any atom is 0.274 e. The normalized spacial score (nSPS) is 28.6. The van der Waals surface area contributed by atoms with Crippen LogP contribution in [0.5, 0.6) is 0 Å². The molecule has 2 aliphatic heterocycles. The highest BCUT2D eigenvalue weighted by Crippen LogP contribution is 2.40. The molecule has 0 aromatic carbocycles. The van der Waals surface area contributed by atoms with Gasteiger partial charge in [-0.25, -0.2) is 4.39 Å². The molecule has 3 heterocycles. The van der Waals surface area contributed by atoms with Gasteiger partial charge in [-0.1, -0.05) is 36.0 Å². The van der Waals surface area contributed by atoms with Crippen LogP contribution in [0, 0.1) is 5.92 Å². The topological polar surface area (TPSA) is 119 Å². The van der Waals surface area contributed by atoms with Crippen molar-refractivity contribution < 1.29 is 24.2 Å². The van der Waals surface area contributed by atoms with Crippen molar-refractivity contribution in [2.75, 3.05) is 13.6 Å². The van der Waals surface area contributed by atoms with E-state index in [0.29, 0.717) is 15.6 Å². The fourth-order valence-electron chi connectivity index (χ4n) is 4.74. The van der Waals surface area contributed by atoms with Gasteiger partial charge in [-0.15, -0.1) is 10.2 Å². The Bertz CT molecular complexity index is 1220. The number of nitrogens with zero attached hydrogens (tertiary/aromatic N) is 4. The maximum absolute atomic E-state index is 14.8. The number of carbonyl (C=O) groups excluding carboxylic acids is 2. The molecule has 0 bridgehead atoms. The molecule has 4 rings (SSSR count). The molecule has 3 unspecified atom stereocenters. The summed E-state index contributed by atoms with van der Waals surface area (Å²) in [6.45, 7) is 9.14. The molecule has 1 fully saturated rings. The summed E-state index contributed by atoms with van der Waals surface area (Å²) < 4.78 is 14.8. The number of amides is 2. The van der Waals surface area contributed by atoms with E-state index in [9.17, 15) is 24.2 Å². The van der Waals surface area contributed by atoms with Crippen LogP contribution in [0.3, 0.4) is 0 Å². The third-order valence-corrected chi connectivity index (χ3v) is 8.23. The zero-order valence-electron chi connectivity index (χ0n) is 21.2. The lowest BCUT2D eigenvalue weighted by atomic mass is 9.86. The number of aromatic nitrogens is 2. The number of nitrogens with one attached hydrogen (secondary N) is 1. The maximum atomic E-state index is 14.8. The van der Waals surface area contributed by atoms with Crippen molar-refractivity contribution in [2.45, 2.75) is 64.9 Å². The first kappa shape index (κ1) is 26.0. The Morgan fingerprint density at radius 1 is 1.36 bits per heavy atom. The molecule has 0 spiro atoms. The number of carbonyl (C=O) groups is 2. The summed E-state index contributed by atoms with van der Waals surface area (Å²) in [5.41, 5.74) is 0.389. The summed E-state index contributed by atoms with van der Waals surface area (Å²) >= 11 is 1.17. The predicted molar refractivity (Wildman–Crippen MR) is 134 cm³/mol. The molecular weight excluding hydrogens is 485 g/mol. The van der Waals surface area contributed by atoms with E-state index in [-0.39, 0.29) is 42.1 Å².